The molecule has 0 radical (unpaired) electrons. The van der Waals surface area contributed by atoms with E-state index in [0.717, 1.165) is 17.8 Å². The molecular weight excluding hydrogens is 490 g/mol. The third-order valence-electron chi connectivity index (χ3n) is 4.58. The molecule has 0 saturated carbocycles. The lowest BCUT2D eigenvalue weighted by Crippen LogP contribution is -2.23. The molecule has 0 fully saturated rings. The van der Waals surface area contributed by atoms with E-state index in [1.165, 1.54) is 6.07 Å². The molecule has 0 unspecified atom stereocenters. The quantitative estimate of drug-likeness (QED) is 0.423. The lowest BCUT2D eigenvalue weighted by atomic mass is 10.1. The molecule has 0 aliphatic carbocycles. The molecule has 1 N–H and O–H groups in total. The van der Waals surface area contributed by atoms with Crippen LogP contribution in [-0.4, -0.2) is 47.1 Å². The molecule has 0 saturated heterocycles. The predicted octanol–water partition coefficient (Wildman–Crippen LogP) is 5.52. The Kier molecular flexibility index (Phi) is 8.56. The molecule has 0 atom stereocenters. The van der Waals surface area contributed by atoms with Crippen LogP contribution in [0.2, 0.25) is 0 Å². The van der Waals surface area contributed by atoms with Crippen molar-refractivity contribution >= 4 is 21.4 Å². The highest BCUT2D eigenvalue weighted by Crippen LogP contribution is 2.33. The molecule has 0 bridgehead atoms. The average molecular weight is 514 g/mol. The predicted molar refractivity (Wildman–Crippen MR) is 115 cm³/mol. The second-order valence-electron chi connectivity index (χ2n) is 7.19. The molecular formula is C21H24F6N2O4S. The van der Waals surface area contributed by atoms with E-state index in [-0.39, 0.29) is 5.69 Å². The smallest absolute Gasteiger partial charge is 0.422 e. The number of rotatable bonds is 10. The zero-order valence-electron chi connectivity index (χ0n) is 18.5. The van der Waals surface area contributed by atoms with Gasteiger partial charge in [-0.1, -0.05) is 0 Å². The number of ether oxygens (including phenoxy) is 2. The first-order valence-electron chi connectivity index (χ1n) is 10.1. The number of nitrogens with zero attached hydrogens (tertiary/aromatic N) is 1. The second-order valence-corrected chi connectivity index (χ2v) is 8.84. The van der Waals surface area contributed by atoms with Crippen molar-refractivity contribution in [2.45, 2.75) is 38.0 Å². The Bertz CT molecular complexity index is 1080. The Balaban J connectivity index is 2.42. The van der Waals surface area contributed by atoms with E-state index < -0.39 is 52.0 Å². The van der Waals surface area contributed by atoms with E-state index in [1.54, 1.807) is 19.1 Å². The average Bonchev–Trinajstić information content (AvgIpc) is 2.72. The van der Waals surface area contributed by atoms with E-state index in [0.29, 0.717) is 24.7 Å². The monoisotopic (exact) mass is 514 g/mol. The zero-order chi connectivity index (χ0) is 25.7. The van der Waals surface area contributed by atoms with Crippen molar-refractivity contribution in [2.24, 2.45) is 0 Å². The molecule has 2 aromatic carbocycles. The standard InChI is InChI=1S/C21H24F6N2O4S/c1-4-29(5-2)15-6-8-17(14(3)10-15)28-34(30,31)19-11-16(32-12-20(22,23)24)7-9-18(19)33-13-21(25,26)27/h6-11,28H,4-5,12-13H2,1-3H3. The third kappa shape index (κ3) is 7.89. The van der Waals surface area contributed by atoms with Crippen LogP contribution in [0.3, 0.4) is 0 Å². The normalized spacial score (nSPS) is 12.4. The Morgan fingerprint density at radius 2 is 1.47 bits per heavy atom. The minimum atomic E-state index is -4.77. The summed E-state index contributed by atoms with van der Waals surface area (Å²) in [7, 11) is -4.57. The summed E-state index contributed by atoms with van der Waals surface area (Å²) in [4.78, 5) is 1.22. The first kappa shape index (κ1) is 27.4. The minimum Gasteiger partial charge on any atom is -0.484 e. The fourth-order valence-electron chi connectivity index (χ4n) is 2.98. The maximum atomic E-state index is 13.0. The van der Waals surface area contributed by atoms with Crippen LogP contribution in [0.1, 0.15) is 19.4 Å². The highest BCUT2D eigenvalue weighted by Gasteiger charge is 2.31. The molecule has 13 heteroatoms. The number of halogens is 6. The van der Waals surface area contributed by atoms with Gasteiger partial charge in [-0.05, 0) is 56.7 Å². The summed E-state index contributed by atoms with van der Waals surface area (Å²) in [6, 6.07) is 7.26. The molecule has 0 aromatic heterocycles. The highest BCUT2D eigenvalue weighted by atomic mass is 32.2. The highest BCUT2D eigenvalue weighted by molar-refractivity contribution is 7.92. The van der Waals surface area contributed by atoms with E-state index in [4.69, 9.17) is 0 Å². The minimum absolute atomic E-state index is 0.138. The van der Waals surface area contributed by atoms with Gasteiger partial charge in [-0.25, -0.2) is 8.42 Å². The maximum absolute atomic E-state index is 13.0. The fraction of sp³-hybridized carbons (Fsp3) is 0.429. The van der Waals surface area contributed by atoms with Gasteiger partial charge in [0.2, 0.25) is 0 Å². The summed E-state index contributed by atoms with van der Waals surface area (Å²) >= 11 is 0. The van der Waals surface area contributed by atoms with E-state index in [9.17, 15) is 34.8 Å². The Hall–Kier alpha value is -2.83. The van der Waals surface area contributed by atoms with Gasteiger partial charge in [0.05, 0.1) is 5.69 Å². The Morgan fingerprint density at radius 3 is 2.00 bits per heavy atom. The molecule has 2 rings (SSSR count). The number of anilines is 2. The summed E-state index contributed by atoms with van der Waals surface area (Å²) in [5.41, 5.74) is 1.50. The second kappa shape index (κ2) is 10.6. The number of hydrogen-bond acceptors (Lipinski definition) is 5. The van der Waals surface area contributed by atoms with Crippen LogP contribution in [0.5, 0.6) is 11.5 Å². The van der Waals surface area contributed by atoms with Crippen LogP contribution in [0.15, 0.2) is 41.3 Å². The van der Waals surface area contributed by atoms with Crippen molar-refractivity contribution in [3.05, 3.63) is 42.0 Å². The SMILES string of the molecule is CCN(CC)c1ccc(NS(=O)(=O)c2cc(OCC(F)(F)F)ccc2OCC(F)(F)F)c(C)c1. The van der Waals surface area contributed by atoms with Crippen molar-refractivity contribution in [1.29, 1.82) is 0 Å². The molecule has 2 aromatic rings. The third-order valence-corrected chi connectivity index (χ3v) is 5.97. The molecule has 0 amide bonds. The molecule has 0 aliphatic rings. The fourth-order valence-corrected chi connectivity index (χ4v) is 4.27. The zero-order valence-corrected chi connectivity index (χ0v) is 19.4. The molecule has 6 nitrogen and oxygen atoms in total. The van der Waals surface area contributed by atoms with Gasteiger partial charge in [0.15, 0.2) is 13.2 Å². The van der Waals surface area contributed by atoms with Crippen LogP contribution in [0.4, 0.5) is 37.7 Å². The number of hydrogen-bond donors (Lipinski definition) is 1. The topological polar surface area (TPSA) is 67.9 Å². The summed E-state index contributed by atoms with van der Waals surface area (Å²) in [6.45, 7) is 3.45. The van der Waals surface area contributed by atoms with Gasteiger partial charge >= 0.3 is 12.4 Å². The van der Waals surface area contributed by atoms with Crippen LogP contribution >= 0.6 is 0 Å². The lowest BCUT2D eigenvalue weighted by molar-refractivity contribution is -0.154. The lowest BCUT2D eigenvalue weighted by Gasteiger charge is -2.22. The Morgan fingerprint density at radius 1 is 0.882 bits per heavy atom. The van der Waals surface area contributed by atoms with Gasteiger partial charge in [0.1, 0.15) is 16.4 Å². The van der Waals surface area contributed by atoms with Gasteiger partial charge in [-0.2, -0.15) is 26.3 Å². The first-order valence-corrected chi connectivity index (χ1v) is 11.5. The molecule has 190 valence electrons. The van der Waals surface area contributed by atoms with Crippen molar-refractivity contribution in [1.82, 2.24) is 0 Å². The van der Waals surface area contributed by atoms with Crippen LogP contribution in [0, 0.1) is 6.92 Å². The van der Waals surface area contributed by atoms with E-state index in [2.05, 4.69) is 14.2 Å². The summed E-state index contributed by atoms with van der Waals surface area (Å²) in [5.74, 6) is -1.20. The molecule has 0 spiro atoms. The number of nitrogens with one attached hydrogen (secondary N) is 1. The van der Waals surface area contributed by atoms with Gasteiger partial charge in [-0.3, -0.25) is 4.72 Å². The summed E-state index contributed by atoms with van der Waals surface area (Å²) < 4.78 is 113. The summed E-state index contributed by atoms with van der Waals surface area (Å²) in [6.07, 6.45) is -9.47. The van der Waals surface area contributed by atoms with Crippen molar-refractivity contribution in [3.63, 3.8) is 0 Å². The van der Waals surface area contributed by atoms with E-state index >= 15 is 0 Å². The molecule has 34 heavy (non-hydrogen) atoms. The summed E-state index contributed by atoms with van der Waals surface area (Å²) in [5, 5.41) is 0. The van der Waals surface area contributed by atoms with Crippen molar-refractivity contribution in [3.8, 4) is 11.5 Å². The van der Waals surface area contributed by atoms with E-state index in [1.807, 2.05) is 18.7 Å². The number of alkyl halides is 6. The molecule has 0 aliphatic heterocycles. The van der Waals surface area contributed by atoms with Crippen LogP contribution in [-0.2, 0) is 10.0 Å². The largest absolute Gasteiger partial charge is 0.484 e. The van der Waals surface area contributed by atoms with Gasteiger partial charge in [0, 0.05) is 24.8 Å². The molecule has 0 heterocycles. The van der Waals surface area contributed by atoms with Crippen molar-refractivity contribution in [2.75, 3.05) is 35.9 Å². The maximum Gasteiger partial charge on any atom is 0.422 e. The number of aryl methyl sites for hydroxylation is 1. The van der Waals surface area contributed by atoms with Gasteiger partial charge in [-0.15, -0.1) is 0 Å². The number of benzene rings is 2. The van der Waals surface area contributed by atoms with Gasteiger partial charge in [0.25, 0.3) is 10.0 Å². The number of sulfonamides is 1. The van der Waals surface area contributed by atoms with Crippen LogP contribution < -0.4 is 19.1 Å². The first-order chi connectivity index (χ1) is 15.6. The van der Waals surface area contributed by atoms with Gasteiger partial charge < -0.3 is 14.4 Å². The Labute approximate surface area is 193 Å². The van der Waals surface area contributed by atoms with Crippen molar-refractivity contribution < 1.29 is 44.2 Å². The van der Waals surface area contributed by atoms with Crippen LogP contribution in [0.25, 0.3) is 0 Å².